The first-order valence-corrected chi connectivity index (χ1v) is 5.55. The zero-order valence-electron chi connectivity index (χ0n) is 9.78. The second kappa shape index (κ2) is 5.64. The molecule has 90 valence electrons. The van der Waals surface area contributed by atoms with Crippen molar-refractivity contribution >= 4 is 10.8 Å². The lowest BCUT2D eigenvalue weighted by Gasteiger charge is -2.10. The second-order valence-corrected chi connectivity index (χ2v) is 3.71. The van der Waals surface area contributed by atoms with Crippen molar-refractivity contribution < 1.29 is 13.9 Å². The quantitative estimate of drug-likeness (QED) is 0.739. The highest BCUT2D eigenvalue weighted by Gasteiger charge is 2.05. The smallest absolute Gasteiger partial charge is 0.126 e. The molecule has 0 unspecified atom stereocenters. The van der Waals surface area contributed by atoms with E-state index < -0.39 is 6.67 Å². The van der Waals surface area contributed by atoms with E-state index in [1.54, 1.807) is 7.11 Å². The van der Waals surface area contributed by atoms with Crippen LogP contribution in [0.25, 0.3) is 10.8 Å². The number of ether oxygens (including phenoxy) is 2. The van der Waals surface area contributed by atoms with Crippen LogP contribution in [0.5, 0.6) is 5.75 Å². The van der Waals surface area contributed by atoms with Gasteiger partial charge in [-0.15, -0.1) is 0 Å². The van der Waals surface area contributed by atoms with E-state index in [1.807, 2.05) is 36.4 Å². The lowest BCUT2D eigenvalue weighted by molar-refractivity contribution is 0.107. The third-order valence-electron chi connectivity index (χ3n) is 2.67. The van der Waals surface area contributed by atoms with E-state index in [9.17, 15) is 4.39 Å². The maximum atomic E-state index is 12.0. The van der Waals surface area contributed by atoms with Gasteiger partial charge in [-0.1, -0.05) is 30.3 Å². The van der Waals surface area contributed by atoms with Crippen LogP contribution in [0.15, 0.2) is 36.4 Å². The highest BCUT2D eigenvalue weighted by Crippen LogP contribution is 2.28. The molecule has 2 aromatic rings. The Morgan fingerprint density at radius 1 is 1.06 bits per heavy atom. The largest absolute Gasteiger partial charge is 0.496 e. The molecule has 0 heterocycles. The summed E-state index contributed by atoms with van der Waals surface area (Å²) in [6.45, 7) is 0.114. The minimum Gasteiger partial charge on any atom is -0.496 e. The Morgan fingerprint density at radius 2 is 1.82 bits per heavy atom. The molecule has 0 fully saturated rings. The standard InChI is InChI=1S/C14H15FO2/c1-16-14-7-6-11(10-17-9-8-15)12-4-2-3-5-13(12)14/h2-7H,8-10H2,1H3. The number of benzene rings is 2. The summed E-state index contributed by atoms with van der Waals surface area (Å²) >= 11 is 0. The number of hydrogen-bond acceptors (Lipinski definition) is 2. The molecule has 0 aromatic heterocycles. The molecule has 3 heteroatoms. The van der Waals surface area contributed by atoms with Crippen molar-refractivity contribution in [3.8, 4) is 5.75 Å². The molecule has 0 aliphatic rings. The second-order valence-electron chi connectivity index (χ2n) is 3.71. The Hall–Kier alpha value is -1.61. The Labute approximate surface area is 100.0 Å². The van der Waals surface area contributed by atoms with E-state index in [4.69, 9.17) is 9.47 Å². The third-order valence-corrected chi connectivity index (χ3v) is 2.67. The maximum Gasteiger partial charge on any atom is 0.126 e. The number of rotatable bonds is 5. The molecule has 0 radical (unpaired) electrons. The number of hydrogen-bond donors (Lipinski definition) is 0. The zero-order chi connectivity index (χ0) is 12.1. The number of alkyl halides is 1. The van der Waals surface area contributed by atoms with Gasteiger partial charge >= 0.3 is 0 Å². The first kappa shape index (κ1) is 11.9. The van der Waals surface area contributed by atoms with Gasteiger partial charge in [0.1, 0.15) is 12.4 Å². The van der Waals surface area contributed by atoms with Crippen molar-refractivity contribution in [2.24, 2.45) is 0 Å². The molecule has 0 amide bonds. The third kappa shape index (κ3) is 2.56. The highest BCUT2D eigenvalue weighted by atomic mass is 19.1. The fraction of sp³-hybridized carbons (Fsp3) is 0.286. The van der Waals surface area contributed by atoms with Gasteiger partial charge in [0, 0.05) is 5.39 Å². The molecule has 0 aliphatic heterocycles. The summed E-state index contributed by atoms with van der Waals surface area (Å²) in [6, 6.07) is 11.8. The van der Waals surface area contributed by atoms with E-state index in [0.717, 1.165) is 22.1 Å². The molecule has 2 aromatic carbocycles. The molecule has 0 saturated carbocycles. The van der Waals surface area contributed by atoms with Crippen LogP contribution < -0.4 is 4.74 Å². The lowest BCUT2D eigenvalue weighted by atomic mass is 10.0. The molecule has 0 bridgehead atoms. The molecule has 0 aliphatic carbocycles. The summed E-state index contributed by atoms with van der Waals surface area (Å²) in [6.07, 6.45) is 0. The summed E-state index contributed by atoms with van der Waals surface area (Å²) in [5.41, 5.74) is 1.05. The maximum absolute atomic E-state index is 12.0. The predicted molar refractivity (Wildman–Crippen MR) is 66.1 cm³/mol. The first-order chi connectivity index (χ1) is 8.36. The van der Waals surface area contributed by atoms with Gasteiger partial charge in [-0.3, -0.25) is 0 Å². The van der Waals surface area contributed by atoms with Crippen LogP contribution in [-0.2, 0) is 11.3 Å². The van der Waals surface area contributed by atoms with E-state index in [-0.39, 0.29) is 6.61 Å². The van der Waals surface area contributed by atoms with Gasteiger partial charge in [0.15, 0.2) is 0 Å². The number of halogens is 1. The van der Waals surface area contributed by atoms with Crippen LogP contribution in [0.2, 0.25) is 0 Å². The summed E-state index contributed by atoms with van der Waals surface area (Å²) in [7, 11) is 1.65. The fourth-order valence-electron chi connectivity index (χ4n) is 1.87. The normalized spacial score (nSPS) is 10.7. The number of methoxy groups -OCH3 is 1. The van der Waals surface area contributed by atoms with Crippen LogP contribution >= 0.6 is 0 Å². The van der Waals surface area contributed by atoms with E-state index >= 15 is 0 Å². The highest BCUT2D eigenvalue weighted by molar-refractivity contribution is 5.90. The van der Waals surface area contributed by atoms with Crippen molar-refractivity contribution in [3.63, 3.8) is 0 Å². The van der Waals surface area contributed by atoms with Crippen LogP contribution in [0, 0.1) is 0 Å². The van der Waals surface area contributed by atoms with Crippen LogP contribution in [0.1, 0.15) is 5.56 Å². The fourth-order valence-corrected chi connectivity index (χ4v) is 1.87. The van der Waals surface area contributed by atoms with Gasteiger partial charge < -0.3 is 9.47 Å². The van der Waals surface area contributed by atoms with E-state index in [2.05, 4.69) is 0 Å². The van der Waals surface area contributed by atoms with Gasteiger partial charge in [0.2, 0.25) is 0 Å². The molecule has 0 atom stereocenters. The monoisotopic (exact) mass is 234 g/mol. The molecule has 0 saturated heterocycles. The number of fused-ring (bicyclic) bond motifs is 1. The van der Waals surface area contributed by atoms with Crippen molar-refractivity contribution in [1.82, 2.24) is 0 Å². The van der Waals surface area contributed by atoms with Gasteiger partial charge in [0.25, 0.3) is 0 Å². The van der Waals surface area contributed by atoms with E-state index in [1.165, 1.54) is 0 Å². The Morgan fingerprint density at radius 3 is 2.53 bits per heavy atom. The summed E-state index contributed by atoms with van der Waals surface area (Å²) in [5, 5.41) is 2.14. The Balaban J connectivity index is 2.37. The molecule has 0 N–H and O–H groups in total. The average Bonchev–Trinajstić information content (AvgIpc) is 2.39. The van der Waals surface area contributed by atoms with Gasteiger partial charge in [0.05, 0.1) is 20.3 Å². The van der Waals surface area contributed by atoms with Crippen molar-refractivity contribution in [1.29, 1.82) is 0 Å². The molecular formula is C14H15FO2. The SMILES string of the molecule is COc1ccc(COCCF)c2ccccc12. The minimum atomic E-state index is -0.450. The van der Waals surface area contributed by atoms with Crippen LogP contribution in [-0.4, -0.2) is 20.4 Å². The minimum absolute atomic E-state index is 0.139. The van der Waals surface area contributed by atoms with Crippen molar-refractivity contribution in [2.75, 3.05) is 20.4 Å². The Kier molecular flexibility index (Phi) is 3.94. The van der Waals surface area contributed by atoms with Gasteiger partial charge in [-0.2, -0.15) is 0 Å². The van der Waals surface area contributed by atoms with Gasteiger partial charge in [-0.05, 0) is 17.0 Å². The molecule has 2 rings (SSSR count). The molecule has 2 nitrogen and oxygen atoms in total. The summed E-state index contributed by atoms with van der Waals surface area (Å²) in [5.74, 6) is 0.842. The molecular weight excluding hydrogens is 219 g/mol. The molecule has 17 heavy (non-hydrogen) atoms. The average molecular weight is 234 g/mol. The summed E-state index contributed by atoms with van der Waals surface area (Å²) in [4.78, 5) is 0. The zero-order valence-corrected chi connectivity index (χ0v) is 9.78. The van der Waals surface area contributed by atoms with E-state index in [0.29, 0.717) is 6.61 Å². The predicted octanol–water partition coefficient (Wildman–Crippen LogP) is 3.33. The van der Waals surface area contributed by atoms with Crippen molar-refractivity contribution in [3.05, 3.63) is 42.0 Å². The summed E-state index contributed by atoms with van der Waals surface area (Å²) < 4.78 is 22.5. The molecule has 0 spiro atoms. The lowest BCUT2D eigenvalue weighted by Crippen LogP contribution is -1.98. The Bertz CT molecular complexity index is 497. The topological polar surface area (TPSA) is 18.5 Å². The van der Waals surface area contributed by atoms with Crippen LogP contribution in [0.4, 0.5) is 4.39 Å². The van der Waals surface area contributed by atoms with Crippen LogP contribution in [0.3, 0.4) is 0 Å². The van der Waals surface area contributed by atoms with Crippen molar-refractivity contribution in [2.45, 2.75) is 6.61 Å². The van der Waals surface area contributed by atoms with Gasteiger partial charge in [-0.25, -0.2) is 4.39 Å². The first-order valence-electron chi connectivity index (χ1n) is 5.55.